The molecule has 1 saturated heterocycles. The van der Waals surface area contributed by atoms with Crippen LogP contribution >= 0.6 is 0 Å². The maximum atomic E-state index is 5.69. The van der Waals surface area contributed by atoms with Crippen LogP contribution < -0.4 is 11.1 Å². The predicted molar refractivity (Wildman–Crippen MR) is 56.0 cm³/mol. The van der Waals surface area contributed by atoms with Crippen LogP contribution in [0.2, 0.25) is 0 Å². The largest absolute Gasteiger partial charge is 0.384 e. The van der Waals surface area contributed by atoms with E-state index < -0.39 is 0 Å². The summed E-state index contributed by atoms with van der Waals surface area (Å²) < 4.78 is 0. The minimum atomic E-state index is 0.436. The maximum absolute atomic E-state index is 5.69. The molecule has 14 heavy (non-hydrogen) atoms. The summed E-state index contributed by atoms with van der Waals surface area (Å²) >= 11 is 0. The van der Waals surface area contributed by atoms with Gasteiger partial charge in [0.15, 0.2) is 0 Å². The highest BCUT2D eigenvalue weighted by atomic mass is 15.0. The standard InChI is InChI=1S/C10H16N4/c1-7-5-9(11)14-10(13-7)8-3-2-4-12-6-8/h5,8,12H,2-4,6H2,1H3,(H2,11,13,14). The number of nitrogen functional groups attached to an aromatic ring is 1. The Balaban J connectivity index is 2.21. The van der Waals surface area contributed by atoms with Crippen LogP contribution in [-0.2, 0) is 0 Å². The van der Waals surface area contributed by atoms with E-state index in [1.807, 2.05) is 6.92 Å². The van der Waals surface area contributed by atoms with E-state index in [9.17, 15) is 0 Å². The number of nitrogens with two attached hydrogens (primary N) is 1. The van der Waals surface area contributed by atoms with Gasteiger partial charge in [0.25, 0.3) is 0 Å². The Morgan fingerprint density at radius 1 is 1.50 bits per heavy atom. The molecule has 2 heterocycles. The molecule has 4 heteroatoms. The van der Waals surface area contributed by atoms with Gasteiger partial charge in [0.05, 0.1) is 0 Å². The number of aryl methyl sites for hydroxylation is 1. The zero-order valence-electron chi connectivity index (χ0n) is 8.45. The molecule has 1 aromatic rings. The van der Waals surface area contributed by atoms with Gasteiger partial charge in [0.2, 0.25) is 0 Å². The summed E-state index contributed by atoms with van der Waals surface area (Å²) in [7, 11) is 0. The Morgan fingerprint density at radius 3 is 3.00 bits per heavy atom. The average Bonchev–Trinajstić information content (AvgIpc) is 2.18. The number of nitrogens with zero attached hydrogens (tertiary/aromatic N) is 2. The van der Waals surface area contributed by atoms with Gasteiger partial charge in [-0.2, -0.15) is 0 Å². The normalized spacial score (nSPS) is 22.2. The molecule has 0 bridgehead atoms. The fourth-order valence-corrected chi connectivity index (χ4v) is 1.87. The van der Waals surface area contributed by atoms with Crippen molar-refractivity contribution in [3.63, 3.8) is 0 Å². The highest BCUT2D eigenvalue weighted by Crippen LogP contribution is 2.20. The van der Waals surface area contributed by atoms with Crippen LogP contribution in [0.4, 0.5) is 5.82 Å². The summed E-state index contributed by atoms with van der Waals surface area (Å²) in [5.74, 6) is 1.92. The Hall–Kier alpha value is -1.16. The summed E-state index contributed by atoms with van der Waals surface area (Å²) in [6.45, 7) is 4.04. The van der Waals surface area contributed by atoms with Crippen molar-refractivity contribution in [1.82, 2.24) is 15.3 Å². The number of hydrogen-bond acceptors (Lipinski definition) is 4. The number of hydrogen-bond donors (Lipinski definition) is 2. The van der Waals surface area contributed by atoms with Crippen LogP contribution in [-0.4, -0.2) is 23.1 Å². The molecule has 1 aliphatic rings. The molecule has 1 aliphatic heterocycles. The lowest BCUT2D eigenvalue weighted by Gasteiger charge is -2.21. The van der Waals surface area contributed by atoms with Gasteiger partial charge in [-0.15, -0.1) is 0 Å². The monoisotopic (exact) mass is 192 g/mol. The van der Waals surface area contributed by atoms with Crippen LogP contribution in [0.1, 0.15) is 30.3 Å². The van der Waals surface area contributed by atoms with E-state index in [1.54, 1.807) is 6.07 Å². The Kier molecular flexibility index (Phi) is 2.63. The summed E-state index contributed by atoms with van der Waals surface area (Å²) in [6, 6.07) is 1.81. The van der Waals surface area contributed by atoms with E-state index in [4.69, 9.17) is 5.73 Å². The van der Waals surface area contributed by atoms with Gasteiger partial charge < -0.3 is 11.1 Å². The summed E-state index contributed by atoms with van der Waals surface area (Å²) in [5.41, 5.74) is 6.65. The zero-order valence-corrected chi connectivity index (χ0v) is 8.45. The third-order valence-electron chi connectivity index (χ3n) is 2.55. The second-order valence-electron chi connectivity index (χ2n) is 3.84. The van der Waals surface area contributed by atoms with Crippen LogP contribution in [0.5, 0.6) is 0 Å². The van der Waals surface area contributed by atoms with E-state index in [0.29, 0.717) is 11.7 Å². The molecule has 0 aromatic carbocycles. The number of nitrogens with one attached hydrogen (secondary N) is 1. The first-order chi connectivity index (χ1) is 6.75. The number of aromatic nitrogens is 2. The van der Waals surface area contributed by atoms with Gasteiger partial charge in [-0.3, -0.25) is 0 Å². The first kappa shape index (κ1) is 9.40. The lowest BCUT2D eigenvalue weighted by Crippen LogP contribution is -2.29. The fraction of sp³-hybridized carbons (Fsp3) is 0.600. The molecule has 3 N–H and O–H groups in total. The van der Waals surface area contributed by atoms with E-state index in [0.717, 1.165) is 31.0 Å². The SMILES string of the molecule is Cc1cc(N)nc(C2CCCNC2)n1. The number of rotatable bonds is 1. The predicted octanol–water partition coefficient (Wildman–Crippen LogP) is 0.834. The van der Waals surface area contributed by atoms with Crippen molar-refractivity contribution in [1.29, 1.82) is 0 Å². The van der Waals surface area contributed by atoms with Gasteiger partial charge in [0.1, 0.15) is 11.6 Å². The van der Waals surface area contributed by atoms with Crippen molar-refractivity contribution >= 4 is 5.82 Å². The van der Waals surface area contributed by atoms with E-state index in [2.05, 4.69) is 15.3 Å². The Labute approximate surface area is 83.9 Å². The molecule has 1 aromatic heterocycles. The molecule has 0 spiro atoms. The van der Waals surface area contributed by atoms with Gasteiger partial charge in [0, 0.05) is 24.2 Å². The Bertz CT molecular complexity index is 298. The van der Waals surface area contributed by atoms with E-state index >= 15 is 0 Å². The van der Waals surface area contributed by atoms with Crippen LogP contribution in [0, 0.1) is 6.92 Å². The van der Waals surface area contributed by atoms with Crippen molar-refractivity contribution in [3.05, 3.63) is 17.6 Å². The minimum Gasteiger partial charge on any atom is -0.384 e. The van der Waals surface area contributed by atoms with Crippen molar-refractivity contribution in [2.75, 3.05) is 18.8 Å². The molecular formula is C10H16N4. The van der Waals surface area contributed by atoms with Gasteiger partial charge in [-0.05, 0) is 26.3 Å². The molecule has 1 atom stereocenters. The minimum absolute atomic E-state index is 0.436. The molecule has 76 valence electrons. The van der Waals surface area contributed by atoms with Crippen molar-refractivity contribution in [2.24, 2.45) is 0 Å². The van der Waals surface area contributed by atoms with Crippen molar-refractivity contribution in [3.8, 4) is 0 Å². The highest BCUT2D eigenvalue weighted by molar-refractivity contribution is 5.30. The molecular weight excluding hydrogens is 176 g/mol. The summed E-state index contributed by atoms with van der Waals surface area (Å²) in [5, 5.41) is 3.35. The first-order valence-electron chi connectivity index (χ1n) is 5.07. The fourth-order valence-electron chi connectivity index (χ4n) is 1.87. The average molecular weight is 192 g/mol. The number of anilines is 1. The second-order valence-corrected chi connectivity index (χ2v) is 3.84. The van der Waals surface area contributed by atoms with Crippen LogP contribution in [0.15, 0.2) is 6.07 Å². The molecule has 0 radical (unpaired) electrons. The van der Waals surface area contributed by atoms with Crippen molar-refractivity contribution < 1.29 is 0 Å². The number of piperidine rings is 1. The maximum Gasteiger partial charge on any atom is 0.135 e. The molecule has 0 aliphatic carbocycles. The summed E-state index contributed by atoms with van der Waals surface area (Å²) in [6.07, 6.45) is 2.36. The first-order valence-corrected chi connectivity index (χ1v) is 5.07. The molecule has 0 saturated carbocycles. The molecule has 2 rings (SSSR count). The molecule has 1 unspecified atom stereocenters. The molecule has 4 nitrogen and oxygen atoms in total. The Morgan fingerprint density at radius 2 is 2.36 bits per heavy atom. The highest BCUT2D eigenvalue weighted by Gasteiger charge is 2.18. The van der Waals surface area contributed by atoms with Gasteiger partial charge >= 0.3 is 0 Å². The zero-order chi connectivity index (χ0) is 9.97. The third kappa shape index (κ3) is 2.01. The molecule has 0 amide bonds. The van der Waals surface area contributed by atoms with Gasteiger partial charge in [-0.25, -0.2) is 9.97 Å². The quantitative estimate of drug-likeness (QED) is 0.692. The van der Waals surface area contributed by atoms with E-state index in [1.165, 1.54) is 6.42 Å². The van der Waals surface area contributed by atoms with Crippen molar-refractivity contribution in [2.45, 2.75) is 25.7 Å². The third-order valence-corrected chi connectivity index (χ3v) is 2.55. The lowest BCUT2D eigenvalue weighted by molar-refractivity contribution is 0.446. The lowest BCUT2D eigenvalue weighted by atomic mass is 9.99. The van der Waals surface area contributed by atoms with E-state index in [-0.39, 0.29) is 0 Å². The summed E-state index contributed by atoms with van der Waals surface area (Å²) in [4.78, 5) is 8.71. The van der Waals surface area contributed by atoms with Gasteiger partial charge in [-0.1, -0.05) is 0 Å². The topological polar surface area (TPSA) is 63.8 Å². The van der Waals surface area contributed by atoms with Crippen LogP contribution in [0.25, 0.3) is 0 Å². The van der Waals surface area contributed by atoms with Crippen LogP contribution in [0.3, 0.4) is 0 Å². The second kappa shape index (κ2) is 3.92. The molecule has 1 fully saturated rings. The smallest absolute Gasteiger partial charge is 0.135 e.